The van der Waals surface area contributed by atoms with Gasteiger partial charge in [-0.3, -0.25) is 4.79 Å². The standard InChI is InChI=1S/C20H17O4P.Li/c1-14-8-2-3-9-15(14)20(22)25(23,24)19-13-7-5-11-17(19)16-10-4-6-12-18(16)21;/h2-13,21H,1H3,(H,23,24);/q;+1/p-1. The fourth-order valence-corrected chi connectivity index (χ4v) is 4.32. The van der Waals surface area contributed by atoms with E-state index in [0.29, 0.717) is 16.7 Å². The van der Waals surface area contributed by atoms with Gasteiger partial charge in [0.05, 0.1) is 0 Å². The predicted octanol–water partition coefficient (Wildman–Crippen LogP) is 0.476. The number of hydrogen-bond donors (Lipinski definition) is 1. The summed E-state index contributed by atoms with van der Waals surface area (Å²) in [6.45, 7) is 1.70. The largest absolute Gasteiger partial charge is 1.00 e. The molecule has 0 heterocycles. The summed E-state index contributed by atoms with van der Waals surface area (Å²) < 4.78 is 13.0. The first-order valence-corrected chi connectivity index (χ1v) is 9.35. The van der Waals surface area contributed by atoms with E-state index in [1.54, 1.807) is 61.5 Å². The number of phenols is 1. The number of hydrogen-bond acceptors (Lipinski definition) is 4. The smallest absolute Gasteiger partial charge is 0.790 e. The van der Waals surface area contributed by atoms with E-state index in [9.17, 15) is 19.4 Å². The molecule has 0 fully saturated rings. The van der Waals surface area contributed by atoms with Crippen LogP contribution in [0.15, 0.2) is 72.8 Å². The first-order valence-electron chi connectivity index (χ1n) is 7.72. The molecule has 0 saturated heterocycles. The van der Waals surface area contributed by atoms with Gasteiger partial charge in [-0.2, -0.15) is 0 Å². The Hall–Kier alpha value is -2.08. The van der Waals surface area contributed by atoms with Crippen molar-refractivity contribution in [3.63, 3.8) is 0 Å². The van der Waals surface area contributed by atoms with Crippen LogP contribution in [0.1, 0.15) is 15.9 Å². The van der Waals surface area contributed by atoms with Gasteiger partial charge in [-0.15, -0.1) is 0 Å². The molecule has 0 aliphatic carbocycles. The van der Waals surface area contributed by atoms with Crippen molar-refractivity contribution < 1.29 is 38.2 Å². The van der Waals surface area contributed by atoms with Crippen molar-refractivity contribution in [1.29, 1.82) is 0 Å². The third-order valence-corrected chi connectivity index (χ3v) is 5.86. The SMILES string of the molecule is Cc1ccccc1C(=O)P(=O)([O-])c1ccccc1-c1ccccc1O.[Li+]. The number of aromatic hydroxyl groups is 1. The molecular weight excluding hydrogens is 342 g/mol. The Labute approximate surface area is 164 Å². The second-order valence-electron chi connectivity index (χ2n) is 5.71. The van der Waals surface area contributed by atoms with Crippen LogP contribution in [0, 0.1) is 6.92 Å². The molecule has 0 bridgehead atoms. The van der Waals surface area contributed by atoms with Crippen LogP contribution in [0.25, 0.3) is 11.1 Å². The molecule has 1 N–H and O–H groups in total. The van der Waals surface area contributed by atoms with E-state index in [-0.39, 0.29) is 35.5 Å². The Bertz CT molecular complexity index is 1000. The quantitative estimate of drug-likeness (QED) is 0.544. The number of para-hydroxylation sites is 1. The van der Waals surface area contributed by atoms with Crippen molar-refractivity contribution in [3.8, 4) is 16.9 Å². The number of aryl methyl sites for hydroxylation is 1. The van der Waals surface area contributed by atoms with E-state index in [1.165, 1.54) is 18.2 Å². The molecule has 0 radical (unpaired) electrons. The Morgan fingerprint density at radius 2 is 1.42 bits per heavy atom. The van der Waals surface area contributed by atoms with Gasteiger partial charge in [0.1, 0.15) is 13.1 Å². The minimum absolute atomic E-state index is 0. The summed E-state index contributed by atoms with van der Waals surface area (Å²) in [5.41, 5.74) is 0.512. The Morgan fingerprint density at radius 3 is 2.08 bits per heavy atom. The summed E-state index contributed by atoms with van der Waals surface area (Å²) >= 11 is 0. The van der Waals surface area contributed by atoms with Crippen molar-refractivity contribution in [2.75, 3.05) is 0 Å². The molecule has 0 aromatic heterocycles. The summed E-state index contributed by atoms with van der Waals surface area (Å²) in [5.74, 6) is -0.0432. The molecule has 3 aromatic carbocycles. The van der Waals surface area contributed by atoms with Gasteiger partial charge in [0.25, 0.3) is 0 Å². The van der Waals surface area contributed by atoms with Gasteiger partial charge in [0, 0.05) is 16.4 Å². The molecule has 126 valence electrons. The van der Waals surface area contributed by atoms with Crippen LogP contribution in [0.2, 0.25) is 0 Å². The molecule has 0 aliphatic heterocycles. The van der Waals surface area contributed by atoms with Crippen LogP contribution in [-0.2, 0) is 4.57 Å². The molecular formula is C20H16LiO4P. The van der Waals surface area contributed by atoms with Gasteiger partial charge < -0.3 is 14.6 Å². The van der Waals surface area contributed by atoms with Crippen LogP contribution in [0.4, 0.5) is 0 Å². The second-order valence-corrected chi connectivity index (χ2v) is 7.70. The molecule has 3 aromatic rings. The maximum absolute atomic E-state index is 13.0. The van der Waals surface area contributed by atoms with E-state index in [1.807, 2.05) is 0 Å². The van der Waals surface area contributed by atoms with E-state index in [4.69, 9.17) is 0 Å². The fourth-order valence-electron chi connectivity index (χ4n) is 2.74. The summed E-state index contributed by atoms with van der Waals surface area (Å²) in [6, 6.07) is 19.2. The Morgan fingerprint density at radius 1 is 0.885 bits per heavy atom. The zero-order valence-corrected chi connectivity index (χ0v) is 15.4. The van der Waals surface area contributed by atoms with Crippen LogP contribution in [0.5, 0.6) is 5.75 Å². The molecule has 1 atom stereocenters. The summed E-state index contributed by atoms with van der Waals surface area (Å²) in [4.78, 5) is 25.7. The third-order valence-electron chi connectivity index (χ3n) is 4.06. The van der Waals surface area contributed by atoms with E-state index in [0.717, 1.165) is 0 Å². The number of carbonyl (C=O) groups is 1. The van der Waals surface area contributed by atoms with Crippen molar-refractivity contribution in [2.24, 2.45) is 0 Å². The molecule has 26 heavy (non-hydrogen) atoms. The van der Waals surface area contributed by atoms with Gasteiger partial charge in [0.15, 0.2) is 0 Å². The Balaban J connectivity index is 0.00000243. The molecule has 4 nitrogen and oxygen atoms in total. The Kier molecular flexibility index (Phi) is 6.29. The van der Waals surface area contributed by atoms with Crippen molar-refractivity contribution >= 4 is 18.2 Å². The fraction of sp³-hybridized carbons (Fsp3) is 0.0500. The van der Waals surface area contributed by atoms with Crippen LogP contribution in [0.3, 0.4) is 0 Å². The number of carbonyl (C=O) groups excluding carboxylic acids is 1. The van der Waals surface area contributed by atoms with Crippen LogP contribution in [-0.4, -0.2) is 10.6 Å². The summed E-state index contributed by atoms with van der Waals surface area (Å²) in [7, 11) is -4.61. The van der Waals surface area contributed by atoms with Crippen molar-refractivity contribution in [2.45, 2.75) is 6.92 Å². The minimum atomic E-state index is -4.61. The van der Waals surface area contributed by atoms with Crippen LogP contribution >= 0.6 is 7.37 Å². The van der Waals surface area contributed by atoms with E-state index >= 15 is 0 Å². The summed E-state index contributed by atoms with van der Waals surface area (Å²) in [6.07, 6.45) is 0. The second kappa shape index (κ2) is 8.08. The van der Waals surface area contributed by atoms with Gasteiger partial charge in [-0.25, -0.2) is 0 Å². The molecule has 0 saturated carbocycles. The average Bonchev–Trinajstić information content (AvgIpc) is 2.62. The van der Waals surface area contributed by atoms with Gasteiger partial charge in [0.2, 0.25) is 5.52 Å². The topological polar surface area (TPSA) is 77.4 Å². The van der Waals surface area contributed by atoms with Gasteiger partial charge in [-0.05, 0) is 24.1 Å². The van der Waals surface area contributed by atoms with E-state index in [2.05, 4.69) is 0 Å². The van der Waals surface area contributed by atoms with Crippen LogP contribution < -0.4 is 29.1 Å². The summed E-state index contributed by atoms with van der Waals surface area (Å²) in [5, 5.41) is 9.98. The molecule has 1 unspecified atom stereocenters. The molecule has 0 aliphatic rings. The molecule has 0 spiro atoms. The normalized spacial score (nSPS) is 12.7. The van der Waals surface area contributed by atoms with Crippen molar-refractivity contribution in [3.05, 3.63) is 83.9 Å². The van der Waals surface area contributed by atoms with E-state index < -0.39 is 12.9 Å². The maximum Gasteiger partial charge on any atom is 1.00 e. The van der Waals surface area contributed by atoms with Gasteiger partial charge >= 0.3 is 18.9 Å². The zero-order valence-electron chi connectivity index (χ0n) is 14.5. The molecule has 0 amide bonds. The maximum atomic E-state index is 13.0. The third kappa shape index (κ3) is 3.70. The first kappa shape index (κ1) is 20.2. The minimum Gasteiger partial charge on any atom is -0.790 e. The number of benzene rings is 3. The van der Waals surface area contributed by atoms with Crippen molar-refractivity contribution in [1.82, 2.24) is 0 Å². The molecule has 6 heteroatoms. The predicted molar refractivity (Wildman–Crippen MR) is 96.3 cm³/mol. The number of phenolic OH excluding ortho intramolecular Hbond substituents is 1. The monoisotopic (exact) mass is 358 g/mol. The van der Waals surface area contributed by atoms with Gasteiger partial charge in [-0.1, -0.05) is 66.7 Å². The average molecular weight is 358 g/mol. The molecule has 3 rings (SSSR count). The zero-order chi connectivity index (χ0) is 18.0. The first-order chi connectivity index (χ1) is 11.9. The number of rotatable bonds is 4.